The summed E-state index contributed by atoms with van der Waals surface area (Å²) >= 11 is 0. The molecular formula is C25H24N4O5. The molecule has 2 aromatic rings. The standard InChI is InChI=1S/C25H24N4O5/c1-3-14-6-4-7-16-21(14)26-24(32)25(16)20-19(18-8-5-11-27(18)25)22(30)28(23(20)31)17-10-9-15(29(33)34)12-13(17)2/h4,6-7,9-10,12,18-20H,3,5,8,11H2,1-2H3,(H,26,32). The Morgan fingerprint density at radius 2 is 1.97 bits per heavy atom. The lowest BCUT2D eigenvalue weighted by Gasteiger charge is -2.36. The van der Waals surface area contributed by atoms with Gasteiger partial charge < -0.3 is 5.32 Å². The number of hydrogen-bond donors (Lipinski definition) is 1. The molecule has 0 aromatic heterocycles. The number of carbonyl (C=O) groups is 3. The van der Waals surface area contributed by atoms with E-state index in [0.29, 0.717) is 17.8 Å². The first-order chi connectivity index (χ1) is 16.3. The van der Waals surface area contributed by atoms with E-state index in [-0.39, 0.29) is 23.5 Å². The van der Waals surface area contributed by atoms with Crippen LogP contribution in [0.5, 0.6) is 0 Å². The third kappa shape index (κ3) is 2.34. The van der Waals surface area contributed by atoms with E-state index in [0.717, 1.165) is 36.1 Å². The van der Waals surface area contributed by atoms with E-state index in [1.165, 1.54) is 23.1 Å². The SMILES string of the molecule is CCc1cccc2c1NC(=O)C21C2C(=O)N(c3ccc([N+](=O)[O-])cc3C)C(=O)C2C2CCCN21. The maximum atomic E-state index is 14.0. The van der Waals surface area contributed by atoms with Crippen molar-refractivity contribution in [3.8, 4) is 0 Å². The quantitative estimate of drug-likeness (QED) is 0.428. The molecule has 174 valence electrons. The molecule has 0 saturated carbocycles. The summed E-state index contributed by atoms with van der Waals surface area (Å²) < 4.78 is 0. The van der Waals surface area contributed by atoms with Gasteiger partial charge >= 0.3 is 0 Å². The van der Waals surface area contributed by atoms with Crippen LogP contribution >= 0.6 is 0 Å². The Morgan fingerprint density at radius 3 is 2.68 bits per heavy atom. The molecule has 1 N–H and O–H groups in total. The molecule has 0 radical (unpaired) electrons. The Labute approximate surface area is 195 Å². The summed E-state index contributed by atoms with van der Waals surface area (Å²) in [6, 6.07) is 9.72. The number of fused-ring (bicyclic) bond motifs is 7. The molecule has 0 bridgehead atoms. The van der Waals surface area contributed by atoms with Crippen LogP contribution in [0.3, 0.4) is 0 Å². The number of amides is 3. The van der Waals surface area contributed by atoms with Crippen LogP contribution in [0.4, 0.5) is 17.1 Å². The highest BCUT2D eigenvalue weighted by Gasteiger charge is 2.74. The van der Waals surface area contributed by atoms with Gasteiger partial charge in [0, 0.05) is 29.4 Å². The number of nitrogens with one attached hydrogen (secondary N) is 1. The predicted molar refractivity (Wildman–Crippen MR) is 123 cm³/mol. The van der Waals surface area contributed by atoms with Gasteiger partial charge in [0.05, 0.1) is 22.4 Å². The van der Waals surface area contributed by atoms with Crippen molar-refractivity contribution >= 4 is 34.8 Å². The molecular weight excluding hydrogens is 436 g/mol. The van der Waals surface area contributed by atoms with E-state index < -0.39 is 28.2 Å². The lowest BCUT2D eigenvalue weighted by Crippen LogP contribution is -2.54. The van der Waals surface area contributed by atoms with Crippen LogP contribution in [-0.4, -0.2) is 40.1 Å². The van der Waals surface area contributed by atoms with Gasteiger partial charge in [0.2, 0.25) is 17.7 Å². The number of imide groups is 1. The Kier molecular flexibility index (Phi) is 4.29. The van der Waals surface area contributed by atoms with Gasteiger partial charge in [0.25, 0.3) is 5.69 Å². The average Bonchev–Trinajstić information content (AvgIpc) is 3.52. The van der Waals surface area contributed by atoms with Gasteiger partial charge in [0.15, 0.2) is 0 Å². The summed E-state index contributed by atoms with van der Waals surface area (Å²) in [7, 11) is 0. The van der Waals surface area contributed by atoms with E-state index in [4.69, 9.17) is 0 Å². The highest BCUT2D eigenvalue weighted by Crippen LogP contribution is 2.61. The van der Waals surface area contributed by atoms with Crippen molar-refractivity contribution < 1.29 is 19.3 Å². The molecule has 3 saturated heterocycles. The summed E-state index contributed by atoms with van der Waals surface area (Å²) in [5, 5.41) is 14.2. The molecule has 4 atom stereocenters. The van der Waals surface area contributed by atoms with Gasteiger partial charge in [-0.05, 0) is 49.9 Å². The van der Waals surface area contributed by atoms with Crippen molar-refractivity contribution in [1.29, 1.82) is 0 Å². The van der Waals surface area contributed by atoms with E-state index >= 15 is 0 Å². The number of aryl methyl sites for hydroxylation is 2. The highest BCUT2D eigenvalue weighted by atomic mass is 16.6. The zero-order valence-electron chi connectivity index (χ0n) is 18.9. The van der Waals surface area contributed by atoms with E-state index in [2.05, 4.69) is 10.2 Å². The number of nitro groups is 1. The molecule has 4 aliphatic rings. The highest BCUT2D eigenvalue weighted by molar-refractivity contribution is 6.26. The number of nitrogens with zero attached hydrogens (tertiary/aromatic N) is 3. The largest absolute Gasteiger partial charge is 0.324 e. The molecule has 9 heteroatoms. The van der Waals surface area contributed by atoms with Gasteiger partial charge in [-0.1, -0.05) is 25.1 Å². The molecule has 0 aliphatic carbocycles. The lowest BCUT2D eigenvalue weighted by molar-refractivity contribution is -0.384. The summed E-state index contributed by atoms with van der Waals surface area (Å²) in [6.45, 7) is 4.32. The van der Waals surface area contributed by atoms with Crippen molar-refractivity contribution in [2.24, 2.45) is 11.8 Å². The zero-order chi connectivity index (χ0) is 23.9. The van der Waals surface area contributed by atoms with Crippen molar-refractivity contribution in [2.45, 2.75) is 44.7 Å². The van der Waals surface area contributed by atoms with Gasteiger partial charge in [0.1, 0.15) is 5.54 Å². The number of rotatable bonds is 3. The monoisotopic (exact) mass is 460 g/mol. The first kappa shape index (κ1) is 21.0. The summed E-state index contributed by atoms with van der Waals surface area (Å²) in [4.78, 5) is 55.6. The number of benzene rings is 2. The fourth-order valence-corrected chi connectivity index (χ4v) is 6.83. The van der Waals surface area contributed by atoms with E-state index in [9.17, 15) is 24.5 Å². The summed E-state index contributed by atoms with van der Waals surface area (Å²) in [6.07, 6.45) is 2.33. The van der Waals surface area contributed by atoms with Crippen molar-refractivity contribution in [1.82, 2.24) is 4.90 Å². The van der Waals surface area contributed by atoms with Crippen LogP contribution in [0.1, 0.15) is 36.5 Å². The average molecular weight is 460 g/mol. The maximum Gasteiger partial charge on any atom is 0.269 e. The molecule has 4 aliphatic heterocycles. The summed E-state index contributed by atoms with van der Waals surface area (Å²) in [5.74, 6) is -2.45. The van der Waals surface area contributed by atoms with Gasteiger partial charge in [-0.25, -0.2) is 4.90 Å². The van der Waals surface area contributed by atoms with E-state index in [1.54, 1.807) is 6.92 Å². The van der Waals surface area contributed by atoms with E-state index in [1.807, 2.05) is 25.1 Å². The van der Waals surface area contributed by atoms with Crippen LogP contribution in [0.15, 0.2) is 36.4 Å². The van der Waals surface area contributed by atoms with Gasteiger partial charge in [-0.3, -0.25) is 29.4 Å². The molecule has 2 aromatic carbocycles. The molecule has 34 heavy (non-hydrogen) atoms. The Balaban J connectivity index is 1.53. The zero-order valence-corrected chi connectivity index (χ0v) is 18.9. The van der Waals surface area contributed by atoms with Crippen LogP contribution in [0.25, 0.3) is 0 Å². The molecule has 9 nitrogen and oxygen atoms in total. The van der Waals surface area contributed by atoms with Crippen LogP contribution in [0.2, 0.25) is 0 Å². The Hall–Kier alpha value is -3.59. The normalized spacial score (nSPS) is 29.5. The lowest BCUT2D eigenvalue weighted by atomic mass is 9.75. The Bertz CT molecular complexity index is 1310. The number of para-hydroxylation sites is 1. The predicted octanol–water partition coefficient (Wildman–Crippen LogP) is 2.90. The van der Waals surface area contributed by atoms with Crippen LogP contribution in [-0.2, 0) is 26.3 Å². The first-order valence-electron chi connectivity index (χ1n) is 11.7. The number of nitro benzene ring substituents is 1. The second-order valence-electron chi connectivity index (χ2n) is 9.56. The first-order valence-corrected chi connectivity index (χ1v) is 11.7. The van der Waals surface area contributed by atoms with Crippen LogP contribution < -0.4 is 10.2 Å². The minimum absolute atomic E-state index is 0.102. The second-order valence-corrected chi connectivity index (χ2v) is 9.56. The van der Waals surface area contributed by atoms with Crippen molar-refractivity contribution in [3.63, 3.8) is 0 Å². The number of anilines is 2. The minimum Gasteiger partial charge on any atom is -0.324 e. The fourth-order valence-electron chi connectivity index (χ4n) is 6.83. The number of carbonyl (C=O) groups excluding carboxylic acids is 3. The second kappa shape index (κ2) is 6.96. The molecule has 4 unspecified atom stereocenters. The van der Waals surface area contributed by atoms with Crippen molar-refractivity contribution in [2.75, 3.05) is 16.8 Å². The Morgan fingerprint density at radius 1 is 1.18 bits per heavy atom. The number of non-ortho nitro benzene ring substituents is 1. The summed E-state index contributed by atoms with van der Waals surface area (Å²) in [5.41, 5.74) is 2.03. The molecule has 4 heterocycles. The third-order valence-electron chi connectivity index (χ3n) is 8.13. The molecule has 3 amide bonds. The van der Waals surface area contributed by atoms with Crippen molar-refractivity contribution in [3.05, 3.63) is 63.2 Å². The molecule has 1 spiro atoms. The smallest absolute Gasteiger partial charge is 0.269 e. The molecule has 6 rings (SSSR count). The fraction of sp³-hybridized carbons (Fsp3) is 0.400. The third-order valence-corrected chi connectivity index (χ3v) is 8.13. The van der Waals surface area contributed by atoms with Gasteiger partial charge in [-0.15, -0.1) is 0 Å². The number of hydrogen-bond acceptors (Lipinski definition) is 6. The molecule has 3 fully saturated rings. The minimum atomic E-state index is -1.22. The van der Waals surface area contributed by atoms with Crippen LogP contribution in [0, 0.1) is 28.9 Å². The topological polar surface area (TPSA) is 113 Å². The maximum absolute atomic E-state index is 14.0. The van der Waals surface area contributed by atoms with Gasteiger partial charge in [-0.2, -0.15) is 0 Å².